The molecule has 1 heterocycles. The van der Waals surface area contributed by atoms with Gasteiger partial charge in [0.2, 0.25) is 0 Å². The first-order valence-electron chi connectivity index (χ1n) is 8.19. The van der Waals surface area contributed by atoms with E-state index in [2.05, 4.69) is 26.3 Å². The van der Waals surface area contributed by atoms with Gasteiger partial charge in [0, 0.05) is 10.5 Å². The summed E-state index contributed by atoms with van der Waals surface area (Å²) < 4.78 is 6.98. The third kappa shape index (κ3) is 4.38. The van der Waals surface area contributed by atoms with Gasteiger partial charge in [0.15, 0.2) is 5.69 Å². The van der Waals surface area contributed by atoms with Gasteiger partial charge in [-0.1, -0.05) is 41.4 Å². The predicted molar refractivity (Wildman–Crippen MR) is 112 cm³/mol. The van der Waals surface area contributed by atoms with Crippen molar-refractivity contribution in [2.45, 2.75) is 6.92 Å². The fourth-order valence-corrected chi connectivity index (χ4v) is 3.23. The second kappa shape index (κ2) is 8.77. The minimum absolute atomic E-state index is 0.0735. The summed E-state index contributed by atoms with van der Waals surface area (Å²) in [5, 5.41) is 7.59. The van der Waals surface area contributed by atoms with Gasteiger partial charge in [-0.15, -0.1) is 0 Å². The Morgan fingerprint density at radius 1 is 1.14 bits per heavy atom. The van der Waals surface area contributed by atoms with Crippen LogP contribution in [0.4, 0.5) is 5.82 Å². The molecule has 3 rings (SSSR count). The number of hydrogen-bond acceptors (Lipinski definition) is 4. The molecule has 0 saturated carbocycles. The number of anilines is 1. The number of rotatable bonds is 5. The van der Waals surface area contributed by atoms with E-state index in [1.165, 1.54) is 22.9 Å². The molecule has 1 N–H and O–H groups in total. The lowest BCUT2D eigenvalue weighted by atomic mass is 10.2. The van der Waals surface area contributed by atoms with E-state index in [1.807, 2.05) is 18.2 Å². The van der Waals surface area contributed by atoms with Crippen molar-refractivity contribution in [3.05, 3.63) is 74.3 Å². The van der Waals surface area contributed by atoms with Crippen LogP contribution in [0.1, 0.15) is 27.8 Å². The molecule has 9 heteroatoms. The monoisotopic (exact) mass is 481 g/mol. The summed E-state index contributed by atoms with van der Waals surface area (Å²) in [4.78, 5) is 24.9. The summed E-state index contributed by atoms with van der Waals surface area (Å²) in [5.41, 5.74) is 0.956. The van der Waals surface area contributed by atoms with Gasteiger partial charge in [-0.25, -0.2) is 9.48 Å². The molecule has 144 valence electrons. The van der Waals surface area contributed by atoms with Gasteiger partial charge in [-0.2, -0.15) is 5.10 Å². The normalized spacial score (nSPS) is 10.6. The second-order valence-corrected chi connectivity index (χ2v) is 7.25. The lowest BCUT2D eigenvalue weighted by Gasteiger charge is -2.10. The van der Waals surface area contributed by atoms with Crippen molar-refractivity contribution < 1.29 is 14.3 Å². The van der Waals surface area contributed by atoms with Crippen LogP contribution in [0, 0.1) is 0 Å². The number of nitrogens with zero attached hydrogens (tertiary/aromatic N) is 2. The van der Waals surface area contributed by atoms with Crippen molar-refractivity contribution in [3.63, 3.8) is 0 Å². The predicted octanol–water partition coefficient (Wildman–Crippen LogP) is 5.37. The van der Waals surface area contributed by atoms with Crippen LogP contribution in [0.25, 0.3) is 5.69 Å². The number of carbonyl (C=O) groups excluding carboxylic acids is 2. The highest BCUT2D eigenvalue weighted by atomic mass is 79.9. The summed E-state index contributed by atoms with van der Waals surface area (Å²) in [6, 6.07) is 13.5. The molecular formula is C19H14BrCl2N3O3. The van der Waals surface area contributed by atoms with Crippen LogP contribution in [0.2, 0.25) is 10.0 Å². The number of carbonyl (C=O) groups is 2. The summed E-state index contributed by atoms with van der Waals surface area (Å²) in [6.07, 6.45) is 0. The van der Waals surface area contributed by atoms with E-state index >= 15 is 0 Å². The molecule has 28 heavy (non-hydrogen) atoms. The molecule has 0 aliphatic carbocycles. The van der Waals surface area contributed by atoms with E-state index in [4.69, 9.17) is 27.9 Å². The molecule has 0 aliphatic rings. The number of nitrogens with one attached hydrogen (secondary N) is 1. The SMILES string of the molecule is CCOC(=O)c1cc(NC(=O)c2cc(Br)c(Cl)cc2Cl)n(-c2ccccc2)n1. The molecule has 3 aromatic rings. The van der Waals surface area contributed by atoms with Crippen LogP contribution < -0.4 is 5.32 Å². The molecule has 0 saturated heterocycles. The Kier molecular flexibility index (Phi) is 6.39. The molecule has 2 aromatic carbocycles. The topological polar surface area (TPSA) is 73.2 Å². The van der Waals surface area contributed by atoms with Gasteiger partial charge in [-0.3, -0.25) is 4.79 Å². The Morgan fingerprint density at radius 3 is 2.54 bits per heavy atom. The van der Waals surface area contributed by atoms with Gasteiger partial charge in [0.1, 0.15) is 5.82 Å². The highest BCUT2D eigenvalue weighted by molar-refractivity contribution is 9.10. The maximum Gasteiger partial charge on any atom is 0.358 e. The summed E-state index contributed by atoms with van der Waals surface area (Å²) in [5.74, 6) is -0.767. The third-order valence-corrected chi connectivity index (χ3v) is 5.20. The number of esters is 1. The van der Waals surface area contributed by atoms with Crippen LogP contribution in [0.15, 0.2) is 53.0 Å². The first kappa shape index (κ1) is 20.4. The highest BCUT2D eigenvalue weighted by Crippen LogP contribution is 2.30. The lowest BCUT2D eigenvalue weighted by molar-refractivity contribution is 0.0519. The fraction of sp³-hybridized carbons (Fsp3) is 0.105. The summed E-state index contributed by atoms with van der Waals surface area (Å²) in [7, 11) is 0. The maximum atomic E-state index is 12.8. The molecule has 0 radical (unpaired) electrons. The Morgan fingerprint density at radius 2 is 1.86 bits per heavy atom. The van der Waals surface area contributed by atoms with E-state index in [0.29, 0.717) is 21.0 Å². The van der Waals surface area contributed by atoms with E-state index in [9.17, 15) is 9.59 Å². The van der Waals surface area contributed by atoms with E-state index < -0.39 is 11.9 Å². The molecule has 0 unspecified atom stereocenters. The number of para-hydroxylation sites is 1. The number of aromatic nitrogens is 2. The van der Waals surface area contributed by atoms with Crippen molar-refractivity contribution in [1.29, 1.82) is 0 Å². The third-order valence-electron chi connectivity index (χ3n) is 3.69. The van der Waals surface area contributed by atoms with Crippen molar-refractivity contribution >= 4 is 56.8 Å². The van der Waals surface area contributed by atoms with E-state index in [1.54, 1.807) is 19.1 Å². The molecule has 1 amide bonds. The van der Waals surface area contributed by atoms with Crippen molar-refractivity contribution in [1.82, 2.24) is 9.78 Å². The average molecular weight is 483 g/mol. The van der Waals surface area contributed by atoms with Gasteiger partial charge in [-0.05, 0) is 47.1 Å². The number of benzene rings is 2. The van der Waals surface area contributed by atoms with E-state index in [0.717, 1.165) is 0 Å². The second-order valence-electron chi connectivity index (χ2n) is 5.58. The fourth-order valence-electron chi connectivity index (χ4n) is 2.42. The van der Waals surface area contributed by atoms with Gasteiger partial charge in [0.05, 0.1) is 27.9 Å². The van der Waals surface area contributed by atoms with Crippen molar-refractivity contribution in [2.75, 3.05) is 11.9 Å². The Labute approximate surface area is 179 Å². The van der Waals surface area contributed by atoms with Crippen LogP contribution in [0.5, 0.6) is 0 Å². The zero-order chi connectivity index (χ0) is 20.3. The molecule has 0 aliphatic heterocycles. The molecule has 0 spiro atoms. The standard InChI is InChI=1S/C19H14BrCl2N3O3/c1-2-28-19(27)16-10-17(25(24-16)11-6-4-3-5-7-11)23-18(26)12-8-13(20)15(22)9-14(12)21/h3-10H,2H2,1H3,(H,23,26). The summed E-state index contributed by atoms with van der Waals surface area (Å²) >= 11 is 15.4. The minimum Gasteiger partial charge on any atom is -0.461 e. The Hall–Kier alpha value is -2.35. The number of hydrogen-bond donors (Lipinski definition) is 1. The van der Waals surface area contributed by atoms with Crippen LogP contribution in [0.3, 0.4) is 0 Å². The van der Waals surface area contributed by atoms with Crippen LogP contribution in [-0.4, -0.2) is 28.3 Å². The molecule has 1 aromatic heterocycles. The Bertz CT molecular complexity index is 1040. The first-order chi connectivity index (χ1) is 13.4. The molecule has 0 atom stereocenters. The lowest BCUT2D eigenvalue weighted by Crippen LogP contribution is -2.15. The number of amides is 1. The Balaban J connectivity index is 1.99. The van der Waals surface area contributed by atoms with Gasteiger partial charge in [0.25, 0.3) is 5.91 Å². The first-order valence-corrected chi connectivity index (χ1v) is 9.74. The van der Waals surface area contributed by atoms with E-state index in [-0.39, 0.29) is 22.9 Å². The number of ether oxygens (including phenoxy) is 1. The zero-order valence-corrected chi connectivity index (χ0v) is 17.7. The van der Waals surface area contributed by atoms with Crippen LogP contribution >= 0.6 is 39.1 Å². The summed E-state index contributed by atoms with van der Waals surface area (Å²) in [6.45, 7) is 1.92. The molecule has 0 bridgehead atoms. The quantitative estimate of drug-likeness (QED) is 0.392. The van der Waals surface area contributed by atoms with Crippen molar-refractivity contribution in [3.8, 4) is 5.69 Å². The molecule has 6 nitrogen and oxygen atoms in total. The van der Waals surface area contributed by atoms with Crippen molar-refractivity contribution in [2.24, 2.45) is 0 Å². The number of halogens is 3. The van der Waals surface area contributed by atoms with Crippen LogP contribution in [-0.2, 0) is 4.74 Å². The maximum absolute atomic E-state index is 12.8. The average Bonchev–Trinajstić information content (AvgIpc) is 3.09. The zero-order valence-electron chi connectivity index (χ0n) is 14.6. The molecular weight excluding hydrogens is 469 g/mol. The largest absolute Gasteiger partial charge is 0.461 e. The van der Waals surface area contributed by atoms with Gasteiger partial charge < -0.3 is 10.1 Å². The van der Waals surface area contributed by atoms with Gasteiger partial charge >= 0.3 is 5.97 Å². The highest BCUT2D eigenvalue weighted by Gasteiger charge is 2.20. The smallest absolute Gasteiger partial charge is 0.358 e. The minimum atomic E-state index is -0.583. The molecule has 0 fully saturated rings.